The number of aliphatic hydroxyl groups excluding tert-OH is 1. The van der Waals surface area contributed by atoms with Crippen molar-refractivity contribution < 1.29 is 5.11 Å². The Morgan fingerprint density at radius 2 is 1.81 bits per heavy atom. The SMILES string of the molecule is CCC[C@@H](CCO)CCCNCC(C)(C)C. The fourth-order valence-electron chi connectivity index (χ4n) is 2.00. The molecule has 0 aromatic carbocycles. The van der Waals surface area contributed by atoms with Crippen LogP contribution in [-0.4, -0.2) is 24.8 Å². The molecule has 0 saturated heterocycles. The lowest BCUT2D eigenvalue weighted by molar-refractivity contribution is 0.243. The summed E-state index contributed by atoms with van der Waals surface area (Å²) in [5.74, 6) is 0.728. The summed E-state index contributed by atoms with van der Waals surface area (Å²) in [6.07, 6.45) is 5.97. The van der Waals surface area contributed by atoms with Crippen LogP contribution in [0.25, 0.3) is 0 Å². The van der Waals surface area contributed by atoms with Crippen molar-refractivity contribution in [2.24, 2.45) is 11.3 Å². The normalized spacial score (nSPS) is 14.1. The Kier molecular flexibility index (Phi) is 8.96. The molecule has 0 spiro atoms. The van der Waals surface area contributed by atoms with Crippen molar-refractivity contribution in [1.82, 2.24) is 5.32 Å². The van der Waals surface area contributed by atoms with Crippen molar-refractivity contribution in [1.29, 1.82) is 0 Å². The van der Waals surface area contributed by atoms with Gasteiger partial charge in [-0.15, -0.1) is 0 Å². The molecule has 0 saturated carbocycles. The molecule has 0 radical (unpaired) electrons. The lowest BCUT2D eigenvalue weighted by Gasteiger charge is -2.19. The van der Waals surface area contributed by atoms with E-state index in [0.29, 0.717) is 12.0 Å². The van der Waals surface area contributed by atoms with Gasteiger partial charge in [0, 0.05) is 6.61 Å². The van der Waals surface area contributed by atoms with E-state index in [0.717, 1.165) is 25.4 Å². The molecule has 0 aliphatic rings. The first-order chi connectivity index (χ1) is 7.49. The maximum Gasteiger partial charge on any atom is 0.0433 e. The van der Waals surface area contributed by atoms with Crippen LogP contribution in [0.3, 0.4) is 0 Å². The molecule has 0 bridgehead atoms. The molecule has 0 heterocycles. The van der Waals surface area contributed by atoms with Gasteiger partial charge >= 0.3 is 0 Å². The minimum atomic E-state index is 0.347. The topological polar surface area (TPSA) is 32.3 Å². The van der Waals surface area contributed by atoms with Crippen LogP contribution in [0.15, 0.2) is 0 Å². The molecule has 2 nitrogen and oxygen atoms in total. The Hall–Kier alpha value is -0.0800. The highest BCUT2D eigenvalue weighted by Gasteiger charge is 2.09. The van der Waals surface area contributed by atoms with E-state index in [4.69, 9.17) is 5.11 Å². The van der Waals surface area contributed by atoms with Crippen LogP contribution >= 0.6 is 0 Å². The zero-order chi connectivity index (χ0) is 12.4. The summed E-state index contributed by atoms with van der Waals surface area (Å²) in [4.78, 5) is 0. The molecule has 16 heavy (non-hydrogen) atoms. The number of aliphatic hydroxyl groups is 1. The Morgan fingerprint density at radius 3 is 2.31 bits per heavy atom. The highest BCUT2D eigenvalue weighted by atomic mass is 16.3. The van der Waals surface area contributed by atoms with Gasteiger partial charge in [0.15, 0.2) is 0 Å². The predicted octanol–water partition coefficient (Wildman–Crippen LogP) is 3.20. The van der Waals surface area contributed by atoms with E-state index in [1.165, 1.54) is 25.7 Å². The molecule has 2 N–H and O–H groups in total. The van der Waals surface area contributed by atoms with Gasteiger partial charge < -0.3 is 10.4 Å². The third-order valence-electron chi connectivity index (χ3n) is 2.86. The molecular weight excluding hydrogens is 198 g/mol. The van der Waals surface area contributed by atoms with Gasteiger partial charge in [0.05, 0.1) is 0 Å². The van der Waals surface area contributed by atoms with Crippen molar-refractivity contribution >= 4 is 0 Å². The standard InChI is InChI=1S/C14H31NO/c1-5-7-13(9-11-16)8-6-10-15-12-14(2,3)4/h13,15-16H,5-12H2,1-4H3/t13-/m1/s1. The predicted molar refractivity (Wildman–Crippen MR) is 71.7 cm³/mol. The highest BCUT2D eigenvalue weighted by molar-refractivity contribution is 4.65. The van der Waals surface area contributed by atoms with Gasteiger partial charge in [-0.2, -0.15) is 0 Å². The molecule has 0 rings (SSSR count). The molecule has 0 fully saturated rings. The van der Waals surface area contributed by atoms with Crippen LogP contribution in [0.5, 0.6) is 0 Å². The minimum absolute atomic E-state index is 0.347. The van der Waals surface area contributed by atoms with Crippen LogP contribution in [0.2, 0.25) is 0 Å². The molecule has 0 aliphatic carbocycles. The zero-order valence-corrected chi connectivity index (χ0v) is 11.7. The summed E-state index contributed by atoms with van der Waals surface area (Å²) in [7, 11) is 0. The molecule has 2 heteroatoms. The maximum atomic E-state index is 8.96. The minimum Gasteiger partial charge on any atom is -0.396 e. The highest BCUT2D eigenvalue weighted by Crippen LogP contribution is 2.17. The van der Waals surface area contributed by atoms with E-state index >= 15 is 0 Å². The van der Waals surface area contributed by atoms with Gasteiger partial charge in [-0.1, -0.05) is 40.5 Å². The van der Waals surface area contributed by atoms with Crippen LogP contribution in [0.4, 0.5) is 0 Å². The largest absolute Gasteiger partial charge is 0.396 e. The number of hydrogen-bond acceptors (Lipinski definition) is 2. The first-order valence-corrected chi connectivity index (χ1v) is 6.81. The Bertz CT molecular complexity index is 145. The molecule has 1 atom stereocenters. The van der Waals surface area contributed by atoms with Crippen molar-refractivity contribution in [3.63, 3.8) is 0 Å². The van der Waals surface area contributed by atoms with E-state index in [2.05, 4.69) is 33.0 Å². The zero-order valence-electron chi connectivity index (χ0n) is 11.7. The molecular formula is C14H31NO. The van der Waals surface area contributed by atoms with Gasteiger partial charge in [-0.05, 0) is 43.7 Å². The van der Waals surface area contributed by atoms with Gasteiger partial charge in [0.25, 0.3) is 0 Å². The van der Waals surface area contributed by atoms with E-state index < -0.39 is 0 Å². The first kappa shape index (κ1) is 15.9. The lowest BCUT2D eigenvalue weighted by Crippen LogP contribution is -2.27. The number of rotatable bonds is 9. The van der Waals surface area contributed by atoms with Crippen molar-refractivity contribution in [3.05, 3.63) is 0 Å². The molecule has 0 unspecified atom stereocenters. The summed E-state index contributed by atoms with van der Waals surface area (Å²) in [6.45, 7) is 11.5. The molecule has 0 aliphatic heterocycles. The third-order valence-corrected chi connectivity index (χ3v) is 2.86. The average molecular weight is 229 g/mol. The smallest absolute Gasteiger partial charge is 0.0433 e. The monoisotopic (exact) mass is 229 g/mol. The quantitative estimate of drug-likeness (QED) is 0.595. The summed E-state index contributed by atoms with van der Waals surface area (Å²) < 4.78 is 0. The third kappa shape index (κ3) is 10.4. The summed E-state index contributed by atoms with van der Waals surface area (Å²) >= 11 is 0. The van der Waals surface area contributed by atoms with Crippen molar-refractivity contribution in [2.45, 2.75) is 59.8 Å². The fraction of sp³-hybridized carbons (Fsp3) is 1.00. The van der Waals surface area contributed by atoms with Gasteiger partial charge in [0.1, 0.15) is 0 Å². The van der Waals surface area contributed by atoms with Crippen LogP contribution in [0.1, 0.15) is 59.8 Å². The summed E-state index contributed by atoms with van der Waals surface area (Å²) in [5.41, 5.74) is 0.383. The molecule has 98 valence electrons. The van der Waals surface area contributed by atoms with E-state index in [1.54, 1.807) is 0 Å². The maximum absolute atomic E-state index is 8.96. The van der Waals surface area contributed by atoms with Gasteiger partial charge in [-0.25, -0.2) is 0 Å². The van der Waals surface area contributed by atoms with E-state index in [-0.39, 0.29) is 0 Å². The van der Waals surface area contributed by atoms with Crippen molar-refractivity contribution in [2.75, 3.05) is 19.7 Å². The molecule has 0 aromatic heterocycles. The Morgan fingerprint density at radius 1 is 1.12 bits per heavy atom. The second-order valence-electron chi connectivity index (χ2n) is 6.05. The average Bonchev–Trinajstić information content (AvgIpc) is 2.16. The van der Waals surface area contributed by atoms with E-state index in [9.17, 15) is 0 Å². The Labute approximate surface area is 102 Å². The van der Waals surface area contributed by atoms with Crippen LogP contribution in [-0.2, 0) is 0 Å². The van der Waals surface area contributed by atoms with Crippen LogP contribution in [0, 0.1) is 11.3 Å². The van der Waals surface area contributed by atoms with Crippen LogP contribution < -0.4 is 5.32 Å². The lowest BCUT2D eigenvalue weighted by atomic mass is 9.94. The second kappa shape index (κ2) is 9.00. The molecule has 0 amide bonds. The van der Waals surface area contributed by atoms with Gasteiger partial charge in [-0.3, -0.25) is 0 Å². The first-order valence-electron chi connectivity index (χ1n) is 6.81. The summed E-state index contributed by atoms with van der Waals surface area (Å²) in [5, 5.41) is 12.5. The van der Waals surface area contributed by atoms with Crippen molar-refractivity contribution in [3.8, 4) is 0 Å². The molecule has 0 aromatic rings. The second-order valence-corrected chi connectivity index (χ2v) is 6.05. The van der Waals surface area contributed by atoms with E-state index in [1.807, 2.05) is 0 Å². The Balaban J connectivity index is 3.46. The number of hydrogen-bond donors (Lipinski definition) is 2. The number of nitrogens with one attached hydrogen (secondary N) is 1. The fourth-order valence-corrected chi connectivity index (χ4v) is 2.00. The summed E-state index contributed by atoms with van der Waals surface area (Å²) in [6, 6.07) is 0. The van der Waals surface area contributed by atoms with Gasteiger partial charge in [0.2, 0.25) is 0 Å².